The molecule has 0 radical (unpaired) electrons. The second-order valence-corrected chi connectivity index (χ2v) is 5.38. The molecule has 0 spiro atoms. The highest BCUT2D eigenvalue weighted by molar-refractivity contribution is 7.94. The van der Waals surface area contributed by atoms with E-state index in [1.807, 2.05) is 0 Å². The predicted molar refractivity (Wildman–Crippen MR) is 54.2 cm³/mol. The molecule has 1 rings (SSSR count). The van der Waals surface area contributed by atoms with Crippen molar-refractivity contribution in [3.8, 4) is 0 Å². The SMILES string of the molecule is CCC(CC)N[C@@H]1C=CS(=O)(=O)C1. The van der Waals surface area contributed by atoms with Crippen LogP contribution in [0.5, 0.6) is 0 Å². The van der Waals surface area contributed by atoms with Gasteiger partial charge in [0, 0.05) is 17.5 Å². The Morgan fingerprint density at radius 3 is 2.46 bits per heavy atom. The normalized spacial score (nSPS) is 25.6. The molecule has 1 aliphatic rings. The van der Waals surface area contributed by atoms with E-state index in [2.05, 4.69) is 19.2 Å². The van der Waals surface area contributed by atoms with Crippen molar-refractivity contribution in [3.63, 3.8) is 0 Å². The van der Waals surface area contributed by atoms with Gasteiger partial charge in [0.1, 0.15) is 0 Å². The fraction of sp³-hybridized carbons (Fsp3) is 0.778. The highest BCUT2D eigenvalue weighted by atomic mass is 32.2. The fourth-order valence-electron chi connectivity index (χ4n) is 1.51. The third kappa shape index (κ3) is 3.12. The van der Waals surface area contributed by atoms with Crippen molar-refractivity contribution in [1.82, 2.24) is 5.32 Å². The van der Waals surface area contributed by atoms with Gasteiger partial charge in [-0.15, -0.1) is 0 Å². The minimum atomic E-state index is -2.90. The summed E-state index contributed by atoms with van der Waals surface area (Å²) in [6.07, 6.45) is 3.83. The zero-order chi connectivity index (χ0) is 9.90. The molecule has 0 bridgehead atoms. The fourth-order valence-corrected chi connectivity index (χ4v) is 2.75. The topological polar surface area (TPSA) is 46.2 Å². The monoisotopic (exact) mass is 203 g/mol. The van der Waals surface area contributed by atoms with E-state index in [-0.39, 0.29) is 11.8 Å². The summed E-state index contributed by atoms with van der Waals surface area (Å²) in [7, 11) is -2.90. The van der Waals surface area contributed by atoms with Crippen LogP contribution in [0, 0.1) is 0 Å². The molecule has 0 fully saturated rings. The van der Waals surface area contributed by atoms with Crippen LogP contribution in [0.15, 0.2) is 11.5 Å². The van der Waals surface area contributed by atoms with Crippen molar-refractivity contribution in [2.75, 3.05) is 5.75 Å². The first-order valence-electron chi connectivity index (χ1n) is 4.74. The molecule has 0 saturated carbocycles. The summed E-state index contributed by atoms with van der Waals surface area (Å²) in [5.74, 6) is 0.226. The molecule has 0 aromatic rings. The molecular formula is C9H17NO2S. The van der Waals surface area contributed by atoms with Gasteiger partial charge in [-0.05, 0) is 12.8 Å². The Hall–Kier alpha value is -0.350. The highest BCUT2D eigenvalue weighted by Gasteiger charge is 2.22. The number of sulfone groups is 1. The molecule has 4 heteroatoms. The first-order chi connectivity index (χ1) is 6.07. The van der Waals surface area contributed by atoms with Gasteiger partial charge < -0.3 is 5.32 Å². The van der Waals surface area contributed by atoms with Gasteiger partial charge in [0.05, 0.1) is 5.75 Å². The van der Waals surface area contributed by atoms with Crippen molar-refractivity contribution in [3.05, 3.63) is 11.5 Å². The summed E-state index contributed by atoms with van der Waals surface area (Å²) in [5.41, 5.74) is 0. The average Bonchev–Trinajstić information content (AvgIpc) is 2.41. The molecule has 0 aromatic carbocycles. The van der Waals surface area contributed by atoms with E-state index < -0.39 is 9.84 Å². The molecule has 76 valence electrons. The molecule has 1 N–H and O–H groups in total. The van der Waals surface area contributed by atoms with Crippen LogP contribution in [0.2, 0.25) is 0 Å². The summed E-state index contributed by atoms with van der Waals surface area (Å²) >= 11 is 0. The lowest BCUT2D eigenvalue weighted by atomic mass is 10.1. The molecule has 1 aliphatic heterocycles. The van der Waals surface area contributed by atoms with Gasteiger partial charge in [-0.3, -0.25) is 0 Å². The molecule has 0 aromatic heterocycles. The third-order valence-electron chi connectivity index (χ3n) is 2.37. The van der Waals surface area contributed by atoms with Gasteiger partial charge in [-0.2, -0.15) is 0 Å². The maximum Gasteiger partial charge on any atom is 0.173 e. The number of nitrogens with one attached hydrogen (secondary N) is 1. The molecule has 0 amide bonds. The molecule has 13 heavy (non-hydrogen) atoms. The zero-order valence-electron chi connectivity index (χ0n) is 8.16. The molecule has 0 saturated heterocycles. The van der Waals surface area contributed by atoms with E-state index in [4.69, 9.17) is 0 Å². The van der Waals surface area contributed by atoms with E-state index >= 15 is 0 Å². The second-order valence-electron chi connectivity index (χ2n) is 3.44. The Labute approximate surface area is 80.1 Å². The number of rotatable bonds is 4. The molecule has 1 atom stereocenters. The van der Waals surface area contributed by atoms with Gasteiger partial charge >= 0.3 is 0 Å². The van der Waals surface area contributed by atoms with Gasteiger partial charge in [0.15, 0.2) is 9.84 Å². The van der Waals surface area contributed by atoms with E-state index in [0.29, 0.717) is 6.04 Å². The maximum atomic E-state index is 11.1. The van der Waals surface area contributed by atoms with Crippen molar-refractivity contribution in [2.45, 2.75) is 38.8 Å². The Kier molecular flexibility index (Phi) is 3.50. The number of hydrogen-bond donors (Lipinski definition) is 1. The number of hydrogen-bond acceptors (Lipinski definition) is 3. The van der Waals surface area contributed by atoms with Crippen molar-refractivity contribution >= 4 is 9.84 Å². The Morgan fingerprint density at radius 2 is 2.08 bits per heavy atom. The largest absolute Gasteiger partial charge is 0.307 e. The standard InChI is InChI=1S/C9H17NO2S/c1-3-8(4-2)10-9-5-6-13(11,12)7-9/h5-6,8-10H,3-4,7H2,1-2H3/t9-/m1/s1. The lowest BCUT2D eigenvalue weighted by molar-refractivity contribution is 0.462. The summed E-state index contributed by atoms with van der Waals surface area (Å²) in [6.45, 7) is 4.21. The van der Waals surface area contributed by atoms with Crippen molar-refractivity contribution < 1.29 is 8.42 Å². The van der Waals surface area contributed by atoms with Crippen LogP contribution in [0.25, 0.3) is 0 Å². The smallest absolute Gasteiger partial charge is 0.173 e. The summed E-state index contributed by atoms with van der Waals surface area (Å²) in [4.78, 5) is 0. The van der Waals surface area contributed by atoms with Crippen molar-refractivity contribution in [2.24, 2.45) is 0 Å². The first kappa shape index (κ1) is 10.7. The molecule has 0 aliphatic carbocycles. The van der Waals surface area contributed by atoms with E-state index in [1.54, 1.807) is 6.08 Å². The van der Waals surface area contributed by atoms with Gasteiger partial charge in [-0.1, -0.05) is 19.9 Å². The van der Waals surface area contributed by atoms with Crippen LogP contribution in [0.1, 0.15) is 26.7 Å². The first-order valence-corrected chi connectivity index (χ1v) is 6.46. The van der Waals surface area contributed by atoms with Gasteiger partial charge in [0.2, 0.25) is 0 Å². The summed E-state index contributed by atoms with van der Waals surface area (Å²) < 4.78 is 22.1. The minimum Gasteiger partial charge on any atom is -0.307 e. The third-order valence-corrected chi connectivity index (χ3v) is 3.76. The summed E-state index contributed by atoms with van der Waals surface area (Å²) in [6, 6.07) is 0.456. The van der Waals surface area contributed by atoms with Crippen LogP contribution in [0.4, 0.5) is 0 Å². The lowest BCUT2D eigenvalue weighted by Crippen LogP contribution is -2.38. The predicted octanol–water partition coefficient (Wildman–Crippen LogP) is 1.08. The summed E-state index contributed by atoms with van der Waals surface area (Å²) in [5, 5.41) is 4.62. The van der Waals surface area contributed by atoms with Crippen LogP contribution >= 0.6 is 0 Å². The minimum absolute atomic E-state index is 0.0231. The quantitative estimate of drug-likeness (QED) is 0.743. The Balaban J connectivity index is 2.45. The van der Waals surface area contributed by atoms with Gasteiger partial charge in [0.25, 0.3) is 0 Å². The van der Waals surface area contributed by atoms with Crippen LogP contribution in [-0.2, 0) is 9.84 Å². The highest BCUT2D eigenvalue weighted by Crippen LogP contribution is 2.10. The Morgan fingerprint density at radius 1 is 1.46 bits per heavy atom. The van der Waals surface area contributed by atoms with E-state index in [1.165, 1.54) is 5.41 Å². The van der Waals surface area contributed by atoms with Gasteiger partial charge in [-0.25, -0.2) is 8.42 Å². The molecule has 3 nitrogen and oxygen atoms in total. The van der Waals surface area contributed by atoms with Crippen molar-refractivity contribution in [1.29, 1.82) is 0 Å². The van der Waals surface area contributed by atoms with Crippen LogP contribution in [-0.4, -0.2) is 26.3 Å². The molecule has 1 heterocycles. The van der Waals surface area contributed by atoms with E-state index in [0.717, 1.165) is 12.8 Å². The molecular weight excluding hydrogens is 186 g/mol. The van der Waals surface area contributed by atoms with Crippen LogP contribution in [0.3, 0.4) is 0 Å². The average molecular weight is 203 g/mol. The zero-order valence-corrected chi connectivity index (χ0v) is 8.97. The molecule has 0 unspecified atom stereocenters. The second kappa shape index (κ2) is 4.24. The van der Waals surface area contributed by atoms with E-state index in [9.17, 15) is 8.42 Å². The maximum absolute atomic E-state index is 11.1. The lowest BCUT2D eigenvalue weighted by Gasteiger charge is -2.18. The van der Waals surface area contributed by atoms with Crippen LogP contribution < -0.4 is 5.32 Å². The Bertz CT molecular complexity index is 278.